The summed E-state index contributed by atoms with van der Waals surface area (Å²) < 4.78 is 21.1. The van der Waals surface area contributed by atoms with E-state index in [0.29, 0.717) is 37.6 Å². The van der Waals surface area contributed by atoms with Gasteiger partial charge in [0.25, 0.3) is 5.91 Å². The van der Waals surface area contributed by atoms with Crippen molar-refractivity contribution in [3.63, 3.8) is 0 Å². The summed E-state index contributed by atoms with van der Waals surface area (Å²) in [6.45, 7) is 2.33. The highest BCUT2D eigenvalue weighted by Crippen LogP contribution is 2.30. The molecule has 0 aliphatic carbocycles. The minimum absolute atomic E-state index is 0.167. The number of para-hydroxylation sites is 1. The number of hydrogen-bond donors (Lipinski definition) is 0. The van der Waals surface area contributed by atoms with E-state index in [-0.39, 0.29) is 5.91 Å². The SMILES string of the molecule is COc1cccc(-c2nnc3c4ccccc4nc(N4CCCN(C(=O)c5cccc(F)c5)CC4)n23)c1. The fraction of sp³-hybridized carbons (Fsp3) is 0.214. The number of methoxy groups -OCH3 is 1. The zero-order chi connectivity index (χ0) is 25.4. The van der Waals surface area contributed by atoms with Crippen LogP contribution in [0.2, 0.25) is 0 Å². The van der Waals surface area contributed by atoms with Gasteiger partial charge in [0.05, 0.1) is 12.6 Å². The molecule has 9 heteroatoms. The lowest BCUT2D eigenvalue weighted by Gasteiger charge is -2.24. The monoisotopic (exact) mass is 496 g/mol. The normalized spacial score (nSPS) is 14.2. The molecular formula is C28H25FN6O2. The lowest BCUT2D eigenvalue weighted by Crippen LogP contribution is -2.36. The molecule has 3 aromatic carbocycles. The minimum atomic E-state index is -0.414. The van der Waals surface area contributed by atoms with E-state index in [2.05, 4.69) is 15.1 Å². The van der Waals surface area contributed by atoms with Crippen molar-refractivity contribution in [3.8, 4) is 17.1 Å². The Hall–Kier alpha value is -4.53. The molecule has 0 bridgehead atoms. The molecule has 8 nitrogen and oxygen atoms in total. The summed E-state index contributed by atoms with van der Waals surface area (Å²) in [4.78, 5) is 22.1. The highest BCUT2D eigenvalue weighted by molar-refractivity contribution is 5.95. The van der Waals surface area contributed by atoms with Gasteiger partial charge in [-0.2, -0.15) is 0 Å². The highest BCUT2D eigenvalue weighted by Gasteiger charge is 2.25. The third-order valence-electron chi connectivity index (χ3n) is 6.69. The average molecular weight is 497 g/mol. The van der Waals surface area contributed by atoms with Crippen LogP contribution >= 0.6 is 0 Å². The van der Waals surface area contributed by atoms with E-state index in [1.807, 2.05) is 52.9 Å². The van der Waals surface area contributed by atoms with E-state index in [9.17, 15) is 9.18 Å². The van der Waals surface area contributed by atoms with E-state index in [4.69, 9.17) is 9.72 Å². The number of ether oxygens (including phenoxy) is 1. The van der Waals surface area contributed by atoms with Gasteiger partial charge in [0.15, 0.2) is 11.5 Å². The maximum Gasteiger partial charge on any atom is 0.254 e. The second kappa shape index (κ2) is 9.50. The summed E-state index contributed by atoms with van der Waals surface area (Å²) in [5.74, 6) is 1.53. The van der Waals surface area contributed by atoms with E-state index in [1.165, 1.54) is 12.1 Å². The van der Waals surface area contributed by atoms with Gasteiger partial charge in [0, 0.05) is 42.7 Å². The number of amides is 1. The summed E-state index contributed by atoms with van der Waals surface area (Å²) >= 11 is 0. The third-order valence-corrected chi connectivity index (χ3v) is 6.69. The molecule has 6 rings (SSSR count). The van der Waals surface area contributed by atoms with Crippen LogP contribution in [-0.4, -0.2) is 63.7 Å². The summed E-state index contributed by atoms with van der Waals surface area (Å²) in [6.07, 6.45) is 0.744. The van der Waals surface area contributed by atoms with Gasteiger partial charge in [-0.05, 0) is 48.9 Å². The Labute approximate surface area is 212 Å². The molecule has 186 valence electrons. The van der Waals surface area contributed by atoms with Crippen molar-refractivity contribution < 1.29 is 13.9 Å². The average Bonchev–Trinajstić information content (AvgIpc) is 3.24. The molecule has 0 N–H and O–H groups in total. The van der Waals surface area contributed by atoms with E-state index >= 15 is 0 Å². The standard InChI is InChI=1S/C28H25FN6O2/c1-37-22-10-5-7-19(18-22)25-31-32-26-23-11-2-3-12-24(23)30-28(35(25)26)34-14-6-13-33(15-16-34)27(36)20-8-4-9-21(29)17-20/h2-5,7-12,17-18H,6,13-16H2,1H3. The van der Waals surface area contributed by atoms with Gasteiger partial charge in [0.2, 0.25) is 5.95 Å². The predicted octanol–water partition coefficient (Wildman–Crippen LogP) is 4.44. The molecule has 0 atom stereocenters. The molecule has 0 spiro atoms. The maximum absolute atomic E-state index is 13.7. The van der Waals surface area contributed by atoms with E-state index in [1.54, 1.807) is 24.1 Å². The Balaban J connectivity index is 1.41. The first kappa shape index (κ1) is 22.9. The fourth-order valence-corrected chi connectivity index (χ4v) is 4.85. The van der Waals surface area contributed by atoms with Crippen molar-refractivity contribution in [3.05, 3.63) is 84.2 Å². The topological polar surface area (TPSA) is 75.9 Å². The van der Waals surface area contributed by atoms with Crippen molar-refractivity contribution in [2.24, 2.45) is 0 Å². The van der Waals surface area contributed by atoms with Crippen LogP contribution in [0.25, 0.3) is 27.9 Å². The first-order valence-corrected chi connectivity index (χ1v) is 12.2. The van der Waals surface area contributed by atoms with Crippen molar-refractivity contribution in [2.45, 2.75) is 6.42 Å². The second-order valence-electron chi connectivity index (χ2n) is 8.99. The molecule has 37 heavy (non-hydrogen) atoms. The molecule has 1 aliphatic rings. The predicted molar refractivity (Wildman–Crippen MR) is 139 cm³/mol. The van der Waals surface area contributed by atoms with Crippen LogP contribution in [0, 0.1) is 5.82 Å². The second-order valence-corrected chi connectivity index (χ2v) is 8.99. The Morgan fingerprint density at radius 2 is 1.78 bits per heavy atom. The molecule has 5 aromatic rings. The molecule has 1 saturated heterocycles. The number of aromatic nitrogens is 4. The van der Waals surface area contributed by atoms with Gasteiger partial charge in [-0.15, -0.1) is 10.2 Å². The van der Waals surface area contributed by atoms with Gasteiger partial charge < -0.3 is 14.5 Å². The number of hydrogen-bond acceptors (Lipinski definition) is 6. The van der Waals surface area contributed by atoms with Gasteiger partial charge in [0.1, 0.15) is 11.6 Å². The van der Waals surface area contributed by atoms with Gasteiger partial charge >= 0.3 is 0 Å². The molecule has 1 fully saturated rings. The van der Waals surface area contributed by atoms with E-state index < -0.39 is 5.82 Å². The first-order chi connectivity index (χ1) is 18.1. The Morgan fingerprint density at radius 3 is 2.65 bits per heavy atom. The number of anilines is 1. The van der Waals surface area contributed by atoms with Crippen LogP contribution in [0.4, 0.5) is 10.3 Å². The fourth-order valence-electron chi connectivity index (χ4n) is 4.85. The lowest BCUT2D eigenvalue weighted by atomic mass is 10.2. The molecular weight excluding hydrogens is 471 g/mol. The van der Waals surface area contributed by atoms with Crippen molar-refractivity contribution >= 4 is 28.4 Å². The van der Waals surface area contributed by atoms with Crippen LogP contribution in [-0.2, 0) is 0 Å². The number of halogens is 1. The molecule has 0 saturated carbocycles. The highest BCUT2D eigenvalue weighted by atomic mass is 19.1. The van der Waals surface area contributed by atoms with E-state index in [0.717, 1.165) is 40.2 Å². The van der Waals surface area contributed by atoms with Crippen molar-refractivity contribution in [2.75, 3.05) is 38.2 Å². The Bertz CT molecular complexity index is 1620. The zero-order valence-corrected chi connectivity index (χ0v) is 20.3. The number of carbonyl (C=O) groups excluding carboxylic acids is 1. The molecule has 1 amide bonds. The number of nitrogens with zero attached hydrogens (tertiary/aromatic N) is 6. The summed E-state index contributed by atoms with van der Waals surface area (Å²) in [6, 6.07) is 21.4. The number of benzene rings is 3. The largest absolute Gasteiger partial charge is 0.497 e. The smallest absolute Gasteiger partial charge is 0.254 e. The maximum atomic E-state index is 13.7. The van der Waals surface area contributed by atoms with Crippen molar-refractivity contribution in [1.29, 1.82) is 0 Å². The van der Waals surface area contributed by atoms with Crippen LogP contribution in [0.3, 0.4) is 0 Å². The number of rotatable bonds is 4. The number of carbonyl (C=O) groups is 1. The van der Waals surface area contributed by atoms with Crippen LogP contribution in [0.1, 0.15) is 16.8 Å². The quantitative estimate of drug-likeness (QED) is 0.366. The Kier molecular flexibility index (Phi) is 5.88. The molecule has 0 unspecified atom stereocenters. The molecule has 3 heterocycles. The minimum Gasteiger partial charge on any atom is -0.497 e. The van der Waals surface area contributed by atoms with Gasteiger partial charge in [-0.3, -0.25) is 4.79 Å². The summed E-state index contributed by atoms with van der Waals surface area (Å²) in [5.41, 5.74) is 2.77. The lowest BCUT2D eigenvalue weighted by molar-refractivity contribution is 0.0766. The van der Waals surface area contributed by atoms with Crippen molar-refractivity contribution in [1.82, 2.24) is 24.5 Å². The molecule has 2 aromatic heterocycles. The van der Waals surface area contributed by atoms with Crippen LogP contribution < -0.4 is 9.64 Å². The summed E-state index contributed by atoms with van der Waals surface area (Å²) in [7, 11) is 1.63. The molecule has 0 radical (unpaired) electrons. The van der Waals surface area contributed by atoms with Gasteiger partial charge in [-0.25, -0.2) is 13.8 Å². The number of fused-ring (bicyclic) bond motifs is 3. The Morgan fingerprint density at radius 1 is 0.919 bits per heavy atom. The van der Waals surface area contributed by atoms with Crippen LogP contribution in [0.15, 0.2) is 72.8 Å². The first-order valence-electron chi connectivity index (χ1n) is 12.2. The summed E-state index contributed by atoms with van der Waals surface area (Å²) in [5, 5.41) is 10.0. The zero-order valence-electron chi connectivity index (χ0n) is 20.3. The third kappa shape index (κ3) is 4.22. The van der Waals surface area contributed by atoms with Crippen LogP contribution in [0.5, 0.6) is 5.75 Å². The van der Waals surface area contributed by atoms with Gasteiger partial charge in [-0.1, -0.05) is 30.3 Å². The molecule has 1 aliphatic heterocycles.